The van der Waals surface area contributed by atoms with Crippen LogP contribution in [0.2, 0.25) is 0 Å². The zero-order valence-electron chi connectivity index (χ0n) is 17.6. The zero-order valence-corrected chi connectivity index (χ0v) is 17.6. The topological polar surface area (TPSA) is 49.4 Å². The van der Waals surface area contributed by atoms with Crippen molar-refractivity contribution in [2.45, 2.75) is 59.0 Å². The largest absolute Gasteiger partial charge is 0.354 e. The minimum atomic E-state index is -0.595. The number of benzene rings is 2. The molecule has 0 fully saturated rings. The number of hydrogen-bond acceptors (Lipinski definition) is 2. The Balaban J connectivity index is 2.08. The number of carbonyl (C=O) groups is 2. The second-order valence-corrected chi connectivity index (χ2v) is 7.45. The second kappa shape index (κ2) is 11.3. The lowest BCUT2D eigenvalue weighted by atomic mass is 10.1. The van der Waals surface area contributed by atoms with Gasteiger partial charge in [-0.1, -0.05) is 55.3 Å². The monoisotopic (exact) mass is 398 g/mol. The van der Waals surface area contributed by atoms with Crippen LogP contribution in [0.1, 0.15) is 49.8 Å². The smallest absolute Gasteiger partial charge is 0.242 e. The fourth-order valence-corrected chi connectivity index (χ4v) is 3.05. The van der Waals surface area contributed by atoms with Crippen LogP contribution in [0.15, 0.2) is 48.5 Å². The van der Waals surface area contributed by atoms with E-state index >= 15 is 0 Å². The highest BCUT2D eigenvalue weighted by Crippen LogP contribution is 2.14. The Morgan fingerprint density at radius 1 is 1.03 bits per heavy atom. The number of halogens is 1. The van der Waals surface area contributed by atoms with Gasteiger partial charge in [0.1, 0.15) is 11.9 Å². The first-order valence-electron chi connectivity index (χ1n) is 10.3. The van der Waals surface area contributed by atoms with Gasteiger partial charge in [-0.15, -0.1) is 0 Å². The molecule has 0 aliphatic carbocycles. The summed E-state index contributed by atoms with van der Waals surface area (Å²) in [6, 6.07) is 13.5. The Bertz CT molecular complexity index is 788. The molecule has 29 heavy (non-hydrogen) atoms. The van der Waals surface area contributed by atoms with Gasteiger partial charge >= 0.3 is 0 Å². The van der Waals surface area contributed by atoms with Crippen LogP contribution in [-0.4, -0.2) is 29.3 Å². The molecule has 2 aromatic carbocycles. The Morgan fingerprint density at radius 2 is 1.66 bits per heavy atom. The number of hydrogen-bond donors (Lipinski definition) is 1. The highest BCUT2D eigenvalue weighted by atomic mass is 19.1. The molecule has 0 spiro atoms. The van der Waals surface area contributed by atoms with E-state index in [1.807, 2.05) is 31.2 Å². The van der Waals surface area contributed by atoms with Gasteiger partial charge in [0.15, 0.2) is 0 Å². The summed E-state index contributed by atoms with van der Waals surface area (Å²) in [7, 11) is 0. The van der Waals surface area contributed by atoms with E-state index in [1.165, 1.54) is 17.7 Å². The van der Waals surface area contributed by atoms with E-state index in [4.69, 9.17) is 0 Å². The number of aryl methyl sites for hydroxylation is 2. The van der Waals surface area contributed by atoms with Crippen LogP contribution in [0.5, 0.6) is 0 Å². The molecule has 0 radical (unpaired) electrons. The van der Waals surface area contributed by atoms with E-state index < -0.39 is 6.04 Å². The van der Waals surface area contributed by atoms with E-state index in [9.17, 15) is 14.0 Å². The number of carbonyl (C=O) groups excluding carboxylic acids is 2. The van der Waals surface area contributed by atoms with E-state index in [0.29, 0.717) is 19.4 Å². The van der Waals surface area contributed by atoms with Crippen LogP contribution in [0.25, 0.3) is 0 Å². The predicted octanol–water partition coefficient (Wildman–Crippen LogP) is 4.40. The van der Waals surface area contributed by atoms with E-state index in [1.54, 1.807) is 24.0 Å². The minimum Gasteiger partial charge on any atom is -0.354 e. The van der Waals surface area contributed by atoms with Gasteiger partial charge in [-0.2, -0.15) is 0 Å². The zero-order chi connectivity index (χ0) is 21.2. The summed E-state index contributed by atoms with van der Waals surface area (Å²) in [6.45, 7) is 6.70. The molecule has 156 valence electrons. The summed E-state index contributed by atoms with van der Waals surface area (Å²) in [6.07, 6.45) is 2.82. The van der Waals surface area contributed by atoms with Crippen molar-refractivity contribution in [1.29, 1.82) is 0 Å². The molecule has 0 heterocycles. The molecule has 1 atom stereocenters. The summed E-state index contributed by atoms with van der Waals surface area (Å²) < 4.78 is 13.2. The average Bonchev–Trinajstić information content (AvgIpc) is 2.72. The quantitative estimate of drug-likeness (QED) is 0.603. The van der Waals surface area contributed by atoms with Crippen molar-refractivity contribution >= 4 is 11.8 Å². The molecule has 0 bridgehead atoms. The highest BCUT2D eigenvalue weighted by molar-refractivity contribution is 5.87. The van der Waals surface area contributed by atoms with Crippen molar-refractivity contribution in [3.63, 3.8) is 0 Å². The molecule has 2 amide bonds. The summed E-state index contributed by atoms with van der Waals surface area (Å²) in [5, 5.41) is 2.90. The van der Waals surface area contributed by atoms with Crippen LogP contribution >= 0.6 is 0 Å². The van der Waals surface area contributed by atoms with Crippen molar-refractivity contribution < 1.29 is 14.0 Å². The fraction of sp³-hybridized carbons (Fsp3) is 0.417. The van der Waals surface area contributed by atoms with Crippen LogP contribution in [0.4, 0.5) is 4.39 Å². The first-order valence-corrected chi connectivity index (χ1v) is 10.3. The molecule has 2 rings (SSSR count). The third-order valence-electron chi connectivity index (χ3n) is 5.01. The van der Waals surface area contributed by atoms with Gasteiger partial charge in [-0.25, -0.2) is 4.39 Å². The van der Waals surface area contributed by atoms with Crippen molar-refractivity contribution in [2.24, 2.45) is 0 Å². The standard InChI is InChI=1S/C24H31FN2O2/c1-4-5-16-26-24(29)19(3)27(17-21-10-13-22(25)14-11-21)23(28)15-12-20-8-6-18(2)7-9-20/h6-11,13-14,19H,4-5,12,15-17H2,1-3H3,(H,26,29)/t19-/m1/s1. The van der Waals surface area contributed by atoms with Crippen molar-refractivity contribution in [2.75, 3.05) is 6.54 Å². The minimum absolute atomic E-state index is 0.0898. The SMILES string of the molecule is CCCCNC(=O)[C@@H](C)N(Cc1ccc(F)cc1)C(=O)CCc1ccc(C)cc1. The van der Waals surface area contributed by atoms with Gasteiger partial charge in [0.25, 0.3) is 0 Å². The van der Waals surface area contributed by atoms with E-state index in [0.717, 1.165) is 24.0 Å². The maximum Gasteiger partial charge on any atom is 0.242 e. The predicted molar refractivity (Wildman–Crippen MR) is 114 cm³/mol. The van der Waals surface area contributed by atoms with Crippen LogP contribution in [0, 0.1) is 12.7 Å². The lowest BCUT2D eigenvalue weighted by Gasteiger charge is -2.29. The van der Waals surface area contributed by atoms with E-state index in [2.05, 4.69) is 12.2 Å². The first kappa shape index (κ1) is 22.6. The van der Waals surface area contributed by atoms with Gasteiger partial charge in [0.05, 0.1) is 0 Å². The molecule has 1 N–H and O–H groups in total. The lowest BCUT2D eigenvalue weighted by molar-refractivity contribution is -0.140. The van der Waals surface area contributed by atoms with Gasteiger partial charge in [-0.3, -0.25) is 9.59 Å². The fourth-order valence-electron chi connectivity index (χ4n) is 3.05. The van der Waals surface area contributed by atoms with Crippen molar-refractivity contribution in [1.82, 2.24) is 10.2 Å². The molecule has 0 aromatic heterocycles. The molecule has 4 nitrogen and oxygen atoms in total. The molecule has 0 aliphatic heterocycles. The number of nitrogens with zero attached hydrogens (tertiary/aromatic N) is 1. The second-order valence-electron chi connectivity index (χ2n) is 7.45. The molecular formula is C24H31FN2O2. The van der Waals surface area contributed by atoms with Crippen LogP contribution in [0.3, 0.4) is 0 Å². The molecule has 5 heteroatoms. The Kier molecular flexibility index (Phi) is 8.84. The highest BCUT2D eigenvalue weighted by Gasteiger charge is 2.25. The van der Waals surface area contributed by atoms with Crippen LogP contribution < -0.4 is 5.32 Å². The summed E-state index contributed by atoms with van der Waals surface area (Å²) in [5.41, 5.74) is 3.06. The molecule has 0 aliphatic rings. The normalized spacial score (nSPS) is 11.7. The maximum atomic E-state index is 13.2. The number of unbranched alkanes of at least 4 members (excludes halogenated alkanes) is 1. The average molecular weight is 399 g/mol. The van der Waals surface area contributed by atoms with E-state index in [-0.39, 0.29) is 24.2 Å². The third-order valence-corrected chi connectivity index (χ3v) is 5.01. The van der Waals surface area contributed by atoms with Gasteiger partial charge in [0.2, 0.25) is 11.8 Å². The molecule has 0 saturated carbocycles. The third kappa shape index (κ3) is 7.33. The number of rotatable bonds is 10. The number of amides is 2. The maximum absolute atomic E-state index is 13.2. The van der Waals surface area contributed by atoms with Gasteiger partial charge in [-0.05, 0) is 49.9 Å². The Morgan fingerprint density at radius 3 is 2.28 bits per heavy atom. The Hall–Kier alpha value is -2.69. The van der Waals surface area contributed by atoms with Gasteiger partial charge in [0, 0.05) is 19.5 Å². The summed E-state index contributed by atoms with van der Waals surface area (Å²) in [4.78, 5) is 27.1. The molecular weight excluding hydrogens is 367 g/mol. The van der Waals surface area contributed by atoms with Crippen molar-refractivity contribution in [3.8, 4) is 0 Å². The Labute approximate surface area is 173 Å². The summed E-state index contributed by atoms with van der Waals surface area (Å²) >= 11 is 0. The van der Waals surface area contributed by atoms with Gasteiger partial charge < -0.3 is 10.2 Å². The molecule has 0 saturated heterocycles. The lowest BCUT2D eigenvalue weighted by Crippen LogP contribution is -2.47. The van der Waals surface area contributed by atoms with Crippen LogP contribution in [-0.2, 0) is 22.6 Å². The molecule has 0 unspecified atom stereocenters. The first-order chi connectivity index (χ1) is 13.9. The number of nitrogens with one attached hydrogen (secondary N) is 1. The van der Waals surface area contributed by atoms with Crippen molar-refractivity contribution in [3.05, 3.63) is 71.0 Å². The summed E-state index contributed by atoms with van der Waals surface area (Å²) in [5.74, 6) is -0.575. The molecule has 2 aromatic rings.